The van der Waals surface area contributed by atoms with Gasteiger partial charge in [-0.05, 0) is 13.0 Å². The molecular formula is C5H11N2. The summed E-state index contributed by atoms with van der Waals surface area (Å²) in [6.07, 6.45) is 1.11. The second kappa shape index (κ2) is 1.80. The maximum Gasteiger partial charge on any atom is 0.0180 e. The third-order valence-corrected chi connectivity index (χ3v) is 1.31. The molecule has 1 aliphatic rings. The smallest absolute Gasteiger partial charge is 0.0180 e. The SMILES string of the molecule is [CH2]N1CC[C@@H](N)C1. The zero-order valence-corrected chi connectivity index (χ0v) is 4.43. The molecule has 2 heteroatoms. The molecule has 1 radical (unpaired) electrons. The summed E-state index contributed by atoms with van der Waals surface area (Å²) >= 11 is 0. The Balaban J connectivity index is 2.26. The average molecular weight is 99.2 g/mol. The number of likely N-dealkylation sites (tertiary alicyclic amines) is 1. The van der Waals surface area contributed by atoms with E-state index in [1.165, 1.54) is 0 Å². The van der Waals surface area contributed by atoms with E-state index in [0.717, 1.165) is 19.5 Å². The molecule has 7 heavy (non-hydrogen) atoms. The summed E-state index contributed by atoms with van der Waals surface area (Å²) in [4.78, 5) is 2.00. The van der Waals surface area contributed by atoms with Crippen LogP contribution in [0.3, 0.4) is 0 Å². The summed E-state index contributed by atoms with van der Waals surface area (Å²) < 4.78 is 0. The molecule has 1 heterocycles. The normalized spacial score (nSPS) is 34.3. The maximum atomic E-state index is 5.54. The van der Waals surface area contributed by atoms with Gasteiger partial charge in [0.05, 0.1) is 0 Å². The van der Waals surface area contributed by atoms with Crippen molar-refractivity contribution in [3.05, 3.63) is 7.05 Å². The highest BCUT2D eigenvalue weighted by Crippen LogP contribution is 2.02. The Morgan fingerprint density at radius 3 is 2.57 bits per heavy atom. The highest BCUT2D eigenvalue weighted by atomic mass is 15.1. The van der Waals surface area contributed by atoms with Crippen LogP contribution in [0, 0.1) is 7.05 Å². The molecule has 0 aromatic carbocycles. The fourth-order valence-corrected chi connectivity index (χ4v) is 0.863. The predicted octanol–water partition coefficient (Wildman–Crippen LogP) is -0.189. The quantitative estimate of drug-likeness (QED) is 0.456. The van der Waals surface area contributed by atoms with Crippen LogP contribution in [0.1, 0.15) is 6.42 Å². The molecule has 0 aromatic heterocycles. The third-order valence-electron chi connectivity index (χ3n) is 1.31. The molecule has 1 saturated heterocycles. The fraction of sp³-hybridized carbons (Fsp3) is 0.800. The van der Waals surface area contributed by atoms with Gasteiger partial charge in [-0.3, -0.25) is 0 Å². The third kappa shape index (κ3) is 1.14. The van der Waals surface area contributed by atoms with E-state index in [2.05, 4.69) is 7.05 Å². The number of nitrogens with zero attached hydrogens (tertiary/aromatic N) is 1. The topological polar surface area (TPSA) is 29.3 Å². The zero-order chi connectivity index (χ0) is 5.28. The van der Waals surface area contributed by atoms with Gasteiger partial charge in [0.15, 0.2) is 0 Å². The molecule has 0 aliphatic carbocycles. The Labute approximate surface area is 44.3 Å². The molecule has 0 spiro atoms. The van der Waals surface area contributed by atoms with Crippen LogP contribution in [0.15, 0.2) is 0 Å². The Kier molecular flexibility index (Phi) is 1.30. The van der Waals surface area contributed by atoms with Crippen molar-refractivity contribution in [1.29, 1.82) is 0 Å². The molecule has 1 rings (SSSR count). The van der Waals surface area contributed by atoms with Crippen molar-refractivity contribution in [3.63, 3.8) is 0 Å². The van der Waals surface area contributed by atoms with Crippen molar-refractivity contribution >= 4 is 0 Å². The lowest BCUT2D eigenvalue weighted by Crippen LogP contribution is -2.22. The molecule has 0 amide bonds. The van der Waals surface area contributed by atoms with Gasteiger partial charge in [0, 0.05) is 19.6 Å². The molecule has 0 unspecified atom stereocenters. The summed E-state index contributed by atoms with van der Waals surface area (Å²) in [5.74, 6) is 0. The molecular weight excluding hydrogens is 88.1 g/mol. The second-order valence-corrected chi connectivity index (χ2v) is 2.13. The second-order valence-electron chi connectivity index (χ2n) is 2.13. The van der Waals surface area contributed by atoms with Gasteiger partial charge in [0.1, 0.15) is 0 Å². The molecule has 2 N–H and O–H groups in total. The van der Waals surface area contributed by atoms with Crippen LogP contribution in [0.5, 0.6) is 0 Å². The van der Waals surface area contributed by atoms with Crippen LogP contribution in [-0.2, 0) is 0 Å². The molecule has 41 valence electrons. The number of hydrogen-bond acceptors (Lipinski definition) is 2. The van der Waals surface area contributed by atoms with Gasteiger partial charge in [0.2, 0.25) is 0 Å². The summed E-state index contributed by atoms with van der Waals surface area (Å²) in [6.45, 7) is 2.04. The predicted molar refractivity (Wildman–Crippen MR) is 29.5 cm³/mol. The minimum atomic E-state index is 0.387. The van der Waals surface area contributed by atoms with E-state index < -0.39 is 0 Å². The first-order chi connectivity index (χ1) is 3.29. The minimum absolute atomic E-state index is 0.387. The van der Waals surface area contributed by atoms with Crippen LogP contribution in [0.2, 0.25) is 0 Å². The lowest BCUT2D eigenvalue weighted by atomic mass is 10.3. The first-order valence-electron chi connectivity index (χ1n) is 2.60. The minimum Gasteiger partial charge on any atom is -0.326 e. The first kappa shape index (κ1) is 5.06. The number of rotatable bonds is 0. The van der Waals surface area contributed by atoms with E-state index in [4.69, 9.17) is 5.73 Å². The molecule has 0 saturated carbocycles. The van der Waals surface area contributed by atoms with Crippen LogP contribution in [0.25, 0.3) is 0 Å². The van der Waals surface area contributed by atoms with Gasteiger partial charge in [-0.1, -0.05) is 0 Å². The monoisotopic (exact) mass is 99.1 g/mol. The summed E-state index contributed by atoms with van der Waals surface area (Å²) in [7, 11) is 3.74. The van der Waals surface area contributed by atoms with Gasteiger partial charge in [-0.25, -0.2) is 0 Å². The lowest BCUT2D eigenvalue weighted by molar-refractivity contribution is 0.454. The zero-order valence-electron chi connectivity index (χ0n) is 4.43. The molecule has 0 bridgehead atoms. The Morgan fingerprint density at radius 1 is 1.71 bits per heavy atom. The van der Waals surface area contributed by atoms with Crippen molar-refractivity contribution in [1.82, 2.24) is 4.90 Å². The van der Waals surface area contributed by atoms with Crippen molar-refractivity contribution in [2.24, 2.45) is 5.73 Å². The van der Waals surface area contributed by atoms with E-state index in [1.807, 2.05) is 4.90 Å². The van der Waals surface area contributed by atoms with Crippen LogP contribution in [0.4, 0.5) is 0 Å². The van der Waals surface area contributed by atoms with E-state index >= 15 is 0 Å². The van der Waals surface area contributed by atoms with Crippen molar-refractivity contribution in [2.45, 2.75) is 12.5 Å². The van der Waals surface area contributed by atoms with Gasteiger partial charge in [0.25, 0.3) is 0 Å². The van der Waals surface area contributed by atoms with E-state index in [1.54, 1.807) is 0 Å². The van der Waals surface area contributed by atoms with E-state index in [9.17, 15) is 0 Å². The summed E-state index contributed by atoms with van der Waals surface area (Å²) in [6, 6.07) is 0.387. The van der Waals surface area contributed by atoms with E-state index in [0.29, 0.717) is 6.04 Å². The highest BCUT2D eigenvalue weighted by molar-refractivity contribution is 4.76. The van der Waals surface area contributed by atoms with Gasteiger partial charge < -0.3 is 10.6 Å². The van der Waals surface area contributed by atoms with Gasteiger partial charge in [-0.2, -0.15) is 0 Å². The largest absolute Gasteiger partial charge is 0.326 e. The average Bonchev–Trinajstić information content (AvgIpc) is 1.87. The lowest BCUT2D eigenvalue weighted by Gasteiger charge is -2.02. The fourth-order valence-electron chi connectivity index (χ4n) is 0.863. The van der Waals surface area contributed by atoms with Crippen LogP contribution in [-0.4, -0.2) is 24.0 Å². The number of nitrogens with two attached hydrogens (primary N) is 1. The van der Waals surface area contributed by atoms with E-state index in [-0.39, 0.29) is 0 Å². The Bertz CT molecular complexity index is 55.1. The Morgan fingerprint density at radius 2 is 2.43 bits per heavy atom. The van der Waals surface area contributed by atoms with Crippen LogP contribution >= 0.6 is 0 Å². The van der Waals surface area contributed by atoms with Crippen molar-refractivity contribution in [2.75, 3.05) is 13.1 Å². The van der Waals surface area contributed by atoms with Crippen molar-refractivity contribution < 1.29 is 0 Å². The Hall–Kier alpha value is -0.0800. The number of hydrogen-bond donors (Lipinski definition) is 1. The van der Waals surface area contributed by atoms with Crippen molar-refractivity contribution in [3.8, 4) is 0 Å². The van der Waals surface area contributed by atoms with Gasteiger partial charge in [-0.15, -0.1) is 0 Å². The standard InChI is InChI=1S/C5H11N2/c1-7-3-2-5(6)4-7/h5H,1-4,6H2/t5-/m1/s1. The van der Waals surface area contributed by atoms with Gasteiger partial charge >= 0.3 is 0 Å². The molecule has 1 atom stereocenters. The summed E-state index contributed by atoms with van der Waals surface area (Å²) in [5, 5.41) is 0. The highest BCUT2D eigenvalue weighted by Gasteiger charge is 2.13. The maximum absolute atomic E-state index is 5.54. The molecule has 1 aliphatic heterocycles. The molecule has 2 nitrogen and oxygen atoms in total. The first-order valence-corrected chi connectivity index (χ1v) is 2.60. The summed E-state index contributed by atoms with van der Waals surface area (Å²) in [5.41, 5.74) is 5.54. The van der Waals surface area contributed by atoms with Crippen LogP contribution < -0.4 is 5.73 Å². The molecule has 1 fully saturated rings. The molecule has 0 aromatic rings.